The highest BCUT2D eigenvalue weighted by molar-refractivity contribution is 5.33. The fraction of sp³-hybridized carbons (Fsp3) is 0.182. The van der Waals surface area contributed by atoms with Gasteiger partial charge in [0.2, 0.25) is 0 Å². The van der Waals surface area contributed by atoms with Gasteiger partial charge >= 0.3 is 0 Å². The molecule has 84 valence electrons. The van der Waals surface area contributed by atoms with E-state index >= 15 is 0 Å². The molecule has 0 fully saturated rings. The quantitative estimate of drug-likeness (QED) is 0.849. The van der Waals surface area contributed by atoms with Crippen LogP contribution in [0.1, 0.15) is 18.6 Å². The number of hydrogen-bond acceptors (Lipinski definition) is 2. The molecule has 0 amide bonds. The first-order valence-corrected chi connectivity index (χ1v) is 4.76. The third kappa shape index (κ3) is 1.94. The molecule has 1 aromatic heterocycles. The molecule has 1 unspecified atom stereocenters. The zero-order chi connectivity index (χ0) is 11.7. The fourth-order valence-corrected chi connectivity index (χ4v) is 1.35. The monoisotopic (exact) mass is 224 g/mol. The van der Waals surface area contributed by atoms with Crippen molar-refractivity contribution in [1.29, 1.82) is 0 Å². The van der Waals surface area contributed by atoms with Crippen LogP contribution in [-0.4, -0.2) is 14.9 Å². The number of halogens is 2. The van der Waals surface area contributed by atoms with E-state index in [0.29, 0.717) is 5.56 Å². The second kappa shape index (κ2) is 4.02. The molecule has 0 saturated heterocycles. The van der Waals surface area contributed by atoms with E-state index in [1.54, 1.807) is 6.92 Å². The van der Waals surface area contributed by atoms with Crippen molar-refractivity contribution in [3.05, 3.63) is 47.8 Å². The number of aromatic nitrogens is 2. The topological polar surface area (TPSA) is 38.1 Å². The number of nitrogens with zero attached hydrogens (tertiary/aromatic N) is 2. The first-order chi connectivity index (χ1) is 7.58. The van der Waals surface area contributed by atoms with Crippen LogP contribution in [0.5, 0.6) is 0 Å². The van der Waals surface area contributed by atoms with Crippen LogP contribution in [0.15, 0.2) is 30.6 Å². The molecule has 2 rings (SSSR count). The van der Waals surface area contributed by atoms with Crippen molar-refractivity contribution in [2.45, 2.75) is 13.0 Å². The molecule has 1 aromatic carbocycles. The number of aliphatic hydroxyl groups is 1. The summed E-state index contributed by atoms with van der Waals surface area (Å²) in [6, 6.07) is 3.24. The summed E-state index contributed by atoms with van der Waals surface area (Å²) >= 11 is 0. The Morgan fingerprint density at radius 2 is 2.12 bits per heavy atom. The zero-order valence-corrected chi connectivity index (χ0v) is 8.56. The second-order valence-electron chi connectivity index (χ2n) is 3.49. The normalized spacial score (nSPS) is 12.8. The van der Waals surface area contributed by atoms with Crippen molar-refractivity contribution >= 4 is 0 Å². The summed E-state index contributed by atoms with van der Waals surface area (Å²) in [6.07, 6.45) is 2.27. The zero-order valence-electron chi connectivity index (χ0n) is 8.56. The fourth-order valence-electron chi connectivity index (χ4n) is 1.35. The first kappa shape index (κ1) is 10.8. The molecular formula is C11H10F2N2O. The van der Waals surface area contributed by atoms with Gasteiger partial charge in [0, 0.05) is 17.8 Å². The predicted octanol–water partition coefficient (Wildman–Crippen LogP) is 2.20. The summed E-state index contributed by atoms with van der Waals surface area (Å²) in [4.78, 5) is 0. The van der Waals surface area contributed by atoms with Crippen molar-refractivity contribution < 1.29 is 13.9 Å². The van der Waals surface area contributed by atoms with Gasteiger partial charge in [0.1, 0.15) is 11.5 Å². The van der Waals surface area contributed by atoms with Crippen molar-refractivity contribution in [3.63, 3.8) is 0 Å². The third-order valence-electron chi connectivity index (χ3n) is 2.24. The maximum atomic E-state index is 13.4. The van der Waals surface area contributed by atoms with Crippen LogP contribution in [0.3, 0.4) is 0 Å². The Morgan fingerprint density at radius 1 is 1.38 bits per heavy atom. The van der Waals surface area contributed by atoms with Crippen molar-refractivity contribution in [3.8, 4) is 5.69 Å². The van der Waals surface area contributed by atoms with Gasteiger partial charge in [-0.25, -0.2) is 13.5 Å². The molecule has 0 spiro atoms. The minimum absolute atomic E-state index is 0.147. The van der Waals surface area contributed by atoms with Crippen LogP contribution in [0.25, 0.3) is 5.69 Å². The molecule has 1 N–H and O–H groups in total. The summed E-state index contributed by atoms with van der Waals surface area (Å²) in [6.45, 7) is 1.59. The van der Waals surface area contributed by atoms with Gasteiger partial charge in [-0.2, -0.15) is 5.10 Å². The third-order valence-corrected chi connectivity index (χ3v) is 2.24. The maximum Gasteiger partial charge on any atom is 0.151 e. The minimum atomic E-state index is -0.694. The van der Waals surface area contributed by atoms with Crippen molar-refractivity contribution in [2.75, 3.05) is 0 Å². The lowest BCUT2D eigenvalue weighted by Gasteiger charge is -2.03. The van der Waals surface area contributed by atoms with E-state index in [1.165, 1.54) is 23.1 Å². The van der Waals surface area contributed by atoms with E-state index in [9.17, 15) is 13.9 Å². The largest absolute Gasteiger partial charge is 0.389 e. The number of aliphatic hydroxyl groups excluding tert-OH is 1. The molecule has 0 aliphatic heterocycles. The smallest absolute Gasteiger partial charge is 0.151 e. The van der Waals surface area contributed by atoms with E-state index < -0.39 is 17.7 Å². The molecule has 0 aliphatic rings. The molecule has 16 heavy (non-hydrogen) atoms. The minimum Gasteiger partial charge on any atom is -0.389 e. The van der Waals surface area contributed by atoms with Gasteiger partial charge in [-0.05, 0) is 19.1 Å². The Balaban J connectivity index is 2.42. The number of benzene rings is 1. The molecule has 5 heteroatoms. The van der Waals surface area contributed by atoms with E-state index in [4.69, 9.17) is 0 Å². The Hall–Kier alpha value is -1.75. The average molecular weight is 224 g/mol. The molecular weight excluding hydrogens is 214 g/mol. The molecule has 0 bridgehead atoms. The molecule has 1 heterocycles. The van der Waals surface area contributed by atoms with Crippen molar-refractivity contribution in [1.82, 2.24) is 9.78 Å². The van der Waals surface area contributed by atoms with E-state index in [1.807, 2.05) is 0 Å². The average Bonchev–Trinajstić information content (AvgIpc) is 2.66. The summed E-state index contributed by atoms with van der Waals surface area (Å²) in [5.74, 6) is -1.33. The molecule has 0 radical (unpaired) electrons. The Bertz CT molecular complexity index is 508. The Kier molecular flexibility index (Phi) is 2.70. The van der Waals surface area contributed by atoms with Gasteiger partial charge in [0.25, 0.3) is 0 Å². The lowest BCUT2D eigenvalue weighted by atomic mass is 10.2. The molecule has 1 atom stereocenters. The Labute approximate surface area is 91.0 Å². The van der Waals surface area contributed by atoms with Gasteiger partial charge in [0.15, 0.2) is 5.82 Å². The van der Waals surface area contributed by atoms with Crippen LogP contribution < -0.4 is 0 Å². The van der Waals surface area contributed by atoms with Gasteiger partial charge in [0.05, 0.1) is 12.3 Å². The summed E-state index contributed by atoms with van der Waals surface area (Å²) in [7, 11) is 0. The SMILES string of the molecule is CC(O)c1cnn(-c2ccc(F)cc2F)c1. The highest BCUT2D eigenvalue weighted by Crippen LogP contribution is 2.17. The molecule has 0 aliphatic carbocycles. The highest BCUT2D eigenvalue weighted by Gasteiger charge is 2.09. The van der Waals surface area contributed by atoms with Crippen LogP contribution in [0.4, 0.5) is 8.78 Å². The van der Waals surface area contributed by atoms with Crippen LogP contribution >= 0.6 is 0 Å². The molecule has 0 saturated carbocycles. The standard InChI is InChI=1S/C11H10F2N2O/c1-7(16)8-5-14-15(6-8)11-3-2-9(12)4-10(11)13/h2-7,16H,1H3. The summed E-state index contributed by atoms with van der Waals surface area (Å²) < 4.78 is 27.3. The number of hydrogen-bond donors (Lipinski definition) is 1. The first-order valence-electron chi connectivity index (χ1n) is 4.76. The lowest BCUT2D eigenvalue weighted by Crippen LogP contribution is -1.98. The number of rotatable bonds is 2. The second-order valence-corrected chi connectivity index (χ2v) is 3.49. The maximum absolute atomic E-state index is 13.4. The highest BCUT2D eigenvalue weighted by atomic mass is 19.1. The van der Waals surface area contributed by atoms with E-state index in [2.05, 4.69) is 5.10 Å². The van der Waals surface area contributed by atoms with Gasteiger partial charge in [-0.1, -0.05) is 0 Å². The Morgan fingerprint density at radius 3 is 2.69 bits per heavy atom. The molecule has 3 nitrogen and oxygen atoms in total. The molecule has 2 aromatic rings. The predicted molar refractivity (Wildman–Crippen MR) is 54.1 cm³/mol. The van der Waals surface area contributed by atoms with Crippen LogP contribution in [-0.2, 0) is 0 Å². The van der Waals surface area contributed by atoms with Crippen molar-refractivity contribution in [2.24, 2.45) is 0 Å². The van der Waals surface area contributed by atoms with Crippen LogP contribution in [0, 0.1) is 11.6 Å². The summed E-state index contributed by atoms with van der Waals surface area (Å²) in [5.41, 5.74) is 0.719. The lowest BCUT2D eigenvalue weighted by molar-refractivity contribution is 0.199. The van der Waals surface area contributed by atoms with Crippen LogP contribution in [0.2, 0.25) is 0 Å². The van der Waals surface area contributed by atoms with Gasteiger partial charge in [-0.15, -0.1) is 0 Å². The van der Waals surface area contributed by atoms with E-state index in [-0.39, 0.29) is 5.69 Å². The van der Waals surface area contributed by atoms with Gasteiger partial charge < -0.3 is 5.11 Å². The van der Waals surface area contributed by atoms with Gasteiger partial charge in [-0.3, -0.25) is 0 Å². The summed E-state index contributed by atoms with van der Waals surface area (Å²) in [5, 5.41) is 13.2. The van der Waals surface area contributed by atoms with E-state index in [0.717, 1.165) is 12.1 Å².